The summed E-state index contributed by atoms with van der Waals surface area (Å²) in [7, 11) is 1.65. The van der Waals surface area contributed by atoms with Gasteiger partial charge in [0.15, 0.2) is 5.16 Å². The van der Waals surface area contributed by atoms with Crippen molar-refractivity contribution in [3.05, 3.63) is 66.0 Å². The maximum Gasteiger partial charge on any atom is 0.230 e. The van der Waals surface area contributed by atoms with Crippen LogP contribution in [0.4, 0.5) is 0 Å². The fraction of sp³-hybridized carbons (Fsp3) is 0.286. The normalized spacial score (nSPS) is 10.6. The van der Waals surface area contributed by atoms with Crippen LogP contribution in [-0.2, 0) is 17.6 Å². The Hall–Kier alpha value is -2.80. The molecule has 28 heavy (non-hydrogen) atoms. The average Bonchev–Trinajstić information content (AvgIpc) is 3.16. The third-order valence-corrected chi connectivity index (χ3v) is 5.19. The fourth-order valence-electron chi connectivity index (χ4n) is 2.78. The van der Waals surface area contributed by atoms with Gasteiger partial charge in [-0.2, -0.15) is 0 Å². The molecule has 1 heterocycles. The van der Waals surface area contributed by atoms with E-state index in [1.165, 1.54) is 11.8 Å². The van der Waals surface area contributed by atoms with E-state index < -0.39 is 0 Å². The Bertz CT molecular complexity index is 895. The number of methoxy groups -OCH3 is 1. The van der Waals surface area contributed by atoms with Crippen LogP contribution in [0.1, 0.15) is 18.3 Å². The van der Waals surface area contributed by atoms with Crippen molar-refractivity contribution in [2.45, 2.75) is 24.9 Å². The van der Waals surface area contributed by atoms with Gasteiger partial charge in [0.05, 0.1) is 12.9 Å². The second kappa shape index (κ2) is 9.94. The molecule has 2 aromatic carbocycles. The summed E-state index contributed by atoms with van der Waals surface area (Å²) in [6, 6.07) is 17.8. The minimum atomic E-state index is -0.0147. The molecule has 0 aliphatic rings. The lowest BCUT2D eigenvalue weighted by atomic mass is 10.1. The molecule has 0 aliphatic heterocycles. The average molecular weight is 397 g/mol. The van der Waals surface area contributed by atoms with Gasteiger partial charge in [0.25, 0.3) is 0 Å². The van der Waals surface area contributed by atoms with E-state index in [0.717, 1.165) is 40.8 Å². The van der Waals surface area contributed by atoms with Crippen LogP contribution in [0.5, 0.6) is 5.75 Å². The predicted octanol–water partition coefficient (Wildman–Crippen LogP) is 3.29. The maximum atomic E-state index is 12.2. The molecule has 0 radical (unpaired) electrons. The number of benzene rings is 2. The largest absolute Gasteiger partial charge is 0.497 e. The molecule has 0 saturated carbocycles. The van der Waals surface area contributed by atoms with Gasteiger partial charge >= 0.3 is 0 Å². The number of aromatic nitrogens is 3. The molecule has 0 unspecified atom stereocenters. The van der Waals surface area contributed by atoms with Crippen molar-refractivity contribution in [3.63, 3.8) is 0 Å². The lowest BCUT2D eigenvalue weighted by molar-refractivity contribution is -0.118. The van der Waals surface area contributed by atoms with Crippen molar-refractivity contribution in [1.29, 1.82) is 0 Å². The van der Waals surface area contributed by atoms with Gasteiger partial charge in [-0.05, 0) is 36.2 Å². The minimum Gasteiger partial charge on any atom is -0.497 e. The standard InChI is InChI=1S/C21H24N4O2S/c1-3-19-23-24-21(25(19)17-7-5-4-6-8-17)28-15-20(26)22-14-13-16-9-11-18(27-2)12-10-16/h4-12H,3,13-15H2,1-2H3,(H,22,26). The lowest BCUT2D eigenvalue weighted by Crippen LogP contribution is -2.27. The Balaban J connectivity index is 1.52. The molecule has 0 aliphatic carbocycles. The van der Waals surface area contributed by atoms with Crippen LogP contribution in [0.15, 0.2) is 59.8 Å². The summed E-state index contributed by atoms with van der Waals surface area (Å²) in [5, 5.41) is 12.2. The van der Waals surface area contributed by atoms with Crippen LogP contribution in [-0.4, -0.2) is 40.1 Å². The van der Waals surface area contributed by atoms with Crippen molar-refractivity contribution < 1.29 is 9.53 Å². The van der Waals surface area contributed by atoms with E-state index in [9.17, 15) is 4.79 Å². The molecule has 146 valence electrons. The topological polar surface area (TPSA) is 69.0 Å². The van der Waals surface area contributed by atoms with E-state index in [0.29, 0.717) is 12.3 Å². The molecule has 0 spiro atoms. The second-order valence-corrected chi connectivity index (χ2v) is 7.10. The zero-order chi connectivity index (χ0) is 19.8. The van der Waals surface area contributed by atoms with Gasteiger partial charge in [0.1, 0.15) is 11.6 Å². The van der Waals surface area contributed by atoms with E-state index in [1.807, 2.05) is 66.1 Å². The van der Waals surface area contributed by atoms with Crippen molar-refractivity contribution in [1.82, 2.24) is 20.1 Å². The summed E-state index contributed by atoms with van der Waals surface area (Å²) in [6.07, 6.45) is 1.55. The zero-order valence-corrected chi connectivity index (χ0v) is 16.9. The highest BCUT2D eigenvalue weighted by molar-refractivity contribution is 7.99. The number of nitrogens with one attached hydrogen (secondary N) is 1. The zero-order valence-electron chi connectivity index (χ0n) is 16.1. The molecule has 6 nitrogen and oxygen atoms in total. The Morgan fingerprint density at radius 1 is 1.11 bits per heavy atom. The van der Waals surface area contributed by atoms with Crippen LogP contribution in [0.2, 0.25) is 0 Å². The number of amides is 1. The molecule has 0 saturated heterocycles. The first-order chi connectivity index (χ1) is 13.7. The van der Waals surface area contributed by atoms with Crippen LogP contribution < -0.4 is 10.1 Å². The number of ether oxygens (including phenoxy) is 1. The van der Waals surface area contributed by atoms with E-state index in [4.69, 9.17) is 4.74 Å². The third-order valence-electron chi connectivity index (χ3n) is 4.26. The second-order valence-electron chi connectivity index (χ2n) is 6.16. The van der Waals surface area contributed by atoms with E-state index in [2.05, 4.69) is 15.5 Å². The highest BCUT2D eigenvalue weighted by Crippen LogP contribution is 2.22. The van der Waals surface area contributed by atoms with Crippen molar-refractivity contribution >= 4 is 17.7 Å². The molecular formula is C21H24N4O2S. The fourth-order valence-corrected chi connectivity index (χ4v) is 3.58. The number of hydrogen-bond acceptors (Lipinski definition) is 5. The summed E-state index contributed by atoms with van der Waals surface area (Å²) in [4.78, 5) is 12.2. The van der Waals surface area contributed by atoms with Gasteiger partial charge in [0, 0.05) is 18.7 Å². The smallest absolute Gasteiger partial charge is 0.230 e. The van der Waals surface area contributed by atoms with Gasteiger partial charge < -0.3 is 10.1 Å². The third kappa shape index (κ3) is 5.13. The summed E-state index contributed by atoms with van der Waals surface area (Å²) >= 11 is 1.40. The Morgan fingerprint density at radius 3 is 2.54 bits per heavy atom. The Kier molecular flexibility index (Phi) is 7.08. The van der Waals surface area contributed by atoms with Crippen molar-refractivity contribution in [3.8, 4) is 11.4 Å². The molecule has 0 atom stereocenters. The maximum absolute atomic E-state index is 12.2. The van der Waals surface area contributed by atoms with Gasteiger partial charge in [-0.25, -0.2) is 0 Å². The number of carbonyl (C=O) groups is 1. The molecule has 1 aromatic heterocycles. The molecule has 3 rings (SSSR count). The number of aryl methyl sites for hydroxylation is 1. The van der Waals surface area contributed by atoms with Gasteiger partial charge in [-0.15, -0.1) is 10.2 Å². The highest BCUT2D eigenvalue weighted by atomic mass is 32.2. The van der Waals surface area contributed by atoms with Gasteiger partial charge in [-0.3, -0.25) is 9.36 Å². The van der Waals surface area contributed by atoms with Gasteiger partial charge in [0.2, 0.25) is 5.91 Å². The lowest BCUT2D eigenvalue weighted by Gasteiger charge is -2.09. The highest BCUT2D eigenvalue weighted by Gasteiger charge is 2.14. The van der Waals surface area contributed by atoms with Crippen molar-refractivity contribution in [2.24, 2.45) is 0 Å². The number of rotatable bonds is 9. The van der Waals surface area contributed by atoms with Crippen LogP contribution in [0.3, 0.4) is 0 Å². The first-order valence-corrected chi connectivity index (χ1v) is 10.2. The molecular weight excluding hydrogens is 372 g/mol. The number of carbonyl (C=O) groups excluding carboxylic acids is 1. The first kappa shape index (κ1) is 19.9. The Morgan fingerprint density at radius 2 is 1.86 bits per heavy atom. The number of hydrogen-bond donors (Lipinski definition) is 1. The van der Waals surface area contributed by atoms with Crippen molar-refractivity contribution in [2.75, 3.05) is 19.4 Å². The summed E-state index contributed by atoms with van der Waals surface area (Å²) in [5.74, 6) is 2.00. The minimum absolute atomic E-state index is 0.0147. The van der Waals surface area contributed by atoms with Crippen LogP contribution in [0, 0.1) is 0 Å². The summed E-state index contributed by atoms with van der Waals surface area (Å²) < 4.78 is 7.16. The summed E-state index contributed by atoms with van der Waals surface area (Å²) in [6.45, 7) is 2.64. The van der Waals surface area contributed by atoms with E-state index in [1.54, 1.807) is 7.11 Å². The molecule has 7 heteroatoms. The molecule has 0 fully saturated rings. The molecule has 0 bridgehead atoms. The molecule has 1 N–H and O–H groups in total. The quantitative estimate of drug-likeness (QED) is 0.562. The van der Waals surface area contributed by atoms with E-state index >= 15 is 0 Å². The summed E-state index contributed by atoms with van der Waals surface area (Å²) in [5.41, 5.74) is 2.16. The van der Waals surface area contributed by atoms with E-state index in [-0.39, 0.29) is 5.91 Å². The van der Waals surface area contributed by atoms with Crippen LogP contribution >= 0.6 is 11.8 Å². The number of nitrogens with zero attached hydrogens (tertiary/aromatic N) is 3. The number of para-hydroxylation sites is 1. The monoisotopic (exact) mass is 396 g/mol. The SMILES string of the molecule is CCc1nnc(SCC(=O)NCCc2ccc(OC)cc2)n1-c1ccccc1. The first-order valence-electron chi connectivity index (χ1n) is 9.23. The molecule has 1 amide bonds. The Labute approximate surface area is 169 Å². The predicted molar refractivity (Wildman–Crippen MR) is 111 cm³/mol. The molecule has 3 aromatic rings. The van der Waals surface area contributed by atoms with Crippen LogP contribution in [0.25, 0.3) is 5.69 Å². The number of thioether (sulfide) groups is 1. The van der Waals surface area contributed by atoms with Gasteiger partial charge in [-0.1, -0.05) is 49.0 Å².